The van der Waals surface area contributed by atoms with E-state index in [2.05, 4.69) is 20.4 Å². The third-order valence-corrected chi connectivity index (χ3v) is 4.11. The number of nitrogens with zero attached hydrogens (tertiary/aromatic N) is 4. The molecule has 0 spiro atoms. The van der Waals surface area contributed by atoms with Gasteiger partial charge in [-0.1, -0.05) is 6.07 Å². The molecule has 0 bridgehead atoms. The van der Waals surface area contributed by atoms with E-state index in [1.165, 1.54) is 16.9 Å². The van der Waals surface area contributed by atoms with Gasteiger partial charge in [-0.05, 0) is 44.9 Å². The summed E-state index contributed by atoms with van der Waals surface area (Å²) in [6, 6.07) is 3.72. The van der Waals surface area contributed by atoms with E-state index < -0.39 is 29.2 Å². The number of aryl methyl sites for hydroxylation is 1. The maximum absolute atomic E-state index is 14.1. The monoisotopic (exact) mass is 397 g/mol. The van der Waals surface area contributed by atoms with E-state index in [1.54, 1.807) is 26.8 Å². The molecule has 1 unspecified atom stereocenters. The van der Waals surface area contributed by atoms with Crippen molar-refractivity contribution < 1.29 is 22.7 Å². The average Bonchev–Trinajstić information content (AvgIpc) is 3.00. The summed E-state index contributed by atoms with van der Waals surface area (Å²) in [6.45, 7) is 4.87. The molecule has 0 aliphatic rings. The molecule has 0 saturated carbocycles. The van der Waals surface area contributed by atoms with Gasteiger partial charge in [0.05, 0.1) is 17.2 Å². The van der Waals surface area contributed by atoms with Crippen LogP contribution < -0.4 is 5.32 Å². The minimum absolute atomic E-state index is 0.107. The van der Waals surface area contributed by atoms with Crippen LogP contribution in [0.15, 0.2) is 30.6 Å². The highest BCUT2D eigenvalue weighted by Crippen LogP contribution is 2.34. The SMILES string of the molecule is Cc1cc(NC(CC(C)(C)O)c2ccc(C(F)(F)F)c(F)c2)n2ncnc2n1. The summed E-state index contributed by atoms with van der Waals surface area (Å²) in [5, 5.41) is 17.4. The van der Waals surface area contributed by atoms with Gasteiger partial charge in [0.15, 0.2) is 0 Å². The molecule has 0 aliphatic heterocycles. The minimum atomic E-state index is -4.78. The molecule has 3 aromatic rings. The summed E-state index contributed by atoms with van der Waals surface area (Å²) in [5.41, 5.74) is -1.60. The summed E-state index contributed by atoms with van der Waals surface area (Å²) < 4.78 is 54.1. The van der Waals surface area contributed by atoms with E-state index >= 15 is 0 Å². The first kappa shape index (κ1) is 20.0. The number of hydrogen-bond acceptors (Lipinski definition) is 5. The number of rotatable bonds is 5. The van der Waals surface area contributed by atoms with Gasteiger partial charge in [0, 0.05) is 11.8 Å². The maximum Gasteiger partial charge on any atom is 0.419 e. The van der Waals surface area contributed by atoms with Crippen molar-refractivity contribution in [1.29, 1.82) is 0 Å². The third-order valence-electron chi connectivity index (χ3n) is 4.11. The van der Waals surface area contributed by atoms with E-state index in [0.717, 1.165) is 6.07 Å². The van der Waals surface area contributed by atoms with Crippen molar-refractivity contribution in [3.63, 3.8) is 0 Å². The molecule has 10 heteroatoms. The van der Waals surface area contributed by atoms with Crippen LogP contribution in [0.2, 0.25) is 0 Å². The highest BCUT2D eigenvalue weighted by atomic mass is 19.4. The maximum atomic E-state index is 14.1. The van der Waals surface area contributed by atoms with Gasteiger partial charge in [-0.3, -0.25) is 0 Å². The molecule has 3 rings (SSSR count). The summed E-state index contributed by atoms with van der Waals surface area (Å²) in [6.07, 6.45) is -3.36. The first-order chi connectivity index (χ1) is 12.9. The number of aliphatic hydroxyl groups is 1. The second-order valence-corrected chi connectivity index (χ2v) is 7.21. The van der Waals surface area contributed by atoms with Crippen LogP contribution in [0.5, 0.6) is 0 Å². The second kappa shape index (κ2) is 7.01. The van der Waals surface area contributed by atoms with E-state index in [9.17, 15) is 22.7 Å². The fourth-order valence-electron chi connectivity index (χ4n) is 2.94. The number of anilines is 1. The lowest BCUT2D eigenvalue weighted by Crippen LogP contribution is -2.27. The van der Waals surface area contributed by atoms with Crippen molar-refractivity contribution in [1.82, 2.24) is 19.6 Å². The lowest BCUT2D eigenvalue weighted by atomic mass is 9.93. The molecule has 2 heterocycles. The molecule has 1 atom stereocenters. The van der Waals surface area contributed by atoms with Crippen molar-refractivity contribution in [2.24, 2.45) is 0 Å². The Balaban J connectivity index is 2.02. The number of nitrogens with one attached hydrogen (secondary N) is 1. The number of alkyl halides is 3. The molecule has 28 heavy (non-hydrogen) atoms. The quantitative estimate of drug-likeness (QED) is 0.639. The van der Waals surface area contributed by atoms with Crippen molar-refractivity contribution in [3.8, 4) is 0 Å². The zero-order chi connectivity index (χ0) is 20.7. The second-order valence-electron chi connectivity index (χ2n) is 7.21. The highest BCUT2D eigenvalue weighted by Gasteiger charge is 2.34. The Morgan fingerprint density at radius 2 is 1.93 bits per heavy atom. The van der Waals surface area contributed by atoms with E-state index in [-0.39, 0.29) is 12.0 Å². The Morgan fingerprint density at radius 3 is 2.54 bits per heavy atom. The van der Waals surface area contributed by atoms with Gasteiger partial charge >= 0.3 is 6.18 Å². The smallest absolute Gasteiger partial charge is 0.390 e. The van der Waals surface area contributed by atoms with Crippen LogP contribution in [0, 0.1) is 12.7 Å². The number of benzene rings is 1. The normalized spacial score (nSPS) is 13.7. The van der Waals surface area contributed by atoms with Gasteiger partial charge in [0.25, 0.3) is 5.78 Å². The largest absolute Gasteiger partial charge is 0.419 e. The van der Waals surface area contributed by atoms with Gasteiger partial charge in [0.1, 0.15) is 18.0 Å². The van der Waals surface area contributed by atoms with Crippen LogP contribution in [0.1, 0.15) is 43.1 Å². The van der Waals surface area contributed by atoms with Gasteiger partial charge in [-0.15, -0.1) is 0 Å². The van der Waals surface area contributed by atoms with Crippen molar-refractivity contribution in [2.75, 3.05) is 5.32 Å². The number of aromatic nitrogens is 4. The van der Waals surface area contributed by atoms with Gasteiger partial charge < -0.3 is 10.4 Å². The molecule has 0 fully saturated rings. The zero-order valence-corrected chi connectivity index (χ0v) is 15.4. The van der Waals surface area contributed by atoms with Crippen LogP contribution in [0.3, 0.4) is 0 Å². The number of fused-ring (bicyclic) bond motifs is 1. The third kappa shape index (κ3) is 4.38. The van der Waals surface area contributed by atoms with Gasteiger partial charge in [0.2, 0.25) is 0 Å². The molecule has 0 amide bonds. The number of hydrogen-bond donors (Lipinski definition) is 2. The highest BCUT2D eigenvalue weighted by molar-refractivity contribution is 5.47. The van der Waals surface area contributed by atoms with E-state index in [0.29, 0.717) is 23.4 Å². The molecule has 0 radical (unpaired) electrons. The molecular formula is C18H19F4N5O. The van der Waals surface area contributed by atoms with Gasteiger partial charge in [-0.2, -0.15) is 27.8 Å². The van der Waals surface area contributed by atoms with E-state index in [1.807, 2.05) is 0 Å². The standard InChI is InChI=1S/C18H19F4N5O/c1-10-6-15(27-16(25-10)23-9-24-27)26-14(8-17(2,3)28)11-4-5-12(13(19)7-11)18(20,21)22/h4-7,9,14,26,28H,8H2,1-3H3. The molecule has 2 aromatic heterocycles. The Morgan fingerprint density at radius 1 is 1.21 bits per heavy atom. The Kier molecular flexibility index (Phi) is 5.00. The summed E-state index contributed by atoms with van der Waals surface area (Å²) in [4.78, 5) is 8.23. The predicted molar refractivity (Wildman–Crippen MR) is 94.2 cm³/mol. The Hall–Kier alpha value is -2.75. The van der Waals surface area contributed by atoms with Crippen molar-refractivity contribution in [3.05, 3.63) is 53.2 Å². The topological polar surface area (TPSA) is 75.3 Å². The van der Waals surface area contributed by atoms with Crippen LogP contribution >= 0.6 is 0 Å². The first-order valence-electron chi connectivity index (χ1n) is 8.47. The first-order valence-corrected chi connectivity index (χ1v) is 8.47. The molecule has 150 valence electrons. The molecule has 2 N–H and O–H groups in total. The van der Waals surface area contributed by atoms with Crippen LogP contribution in [-0.2, 0) is 6.18 Å². The summed E-state index contributed by atoms with van der Waals surface area (Å²) in [7, 11) is 0. The molecule has 6 nitrogen and oxygen atoms in total. The fraction of sp³-hybridized carbons (Fsp3) is 0.389. The van der Waals surface area contributed by atoms with Crippen LogP contribution in [-0.4, -0.2) is 30.3 Å². The summed E-state index contributed by atoms with van der Waals surface area (Å²) >= 11 is 0. The Labute approximate surface area is 158 Å². The molecule has 0 aliphatic carbocycles. The lowest BCUT2D eigenvalue weighted by Gasteiger charge is -2.27. The predicted octanol–water partition coefficient (Wildman–Crippen LogP) is 3.90. The molecule has 1 aromatic carbocycles. The van der Waals surface area contributed by atoms with Crippen LogP contribution in [0.4, 0.5) is 23.4 Å². The summed E-state index contributed by atoms with van der Waals surface area (Å²) in [5.74, 6) is -0.568. The van der Waals surface area contributed by atoms with Crippen molar-refractivity contribution >= 4 is 11.6 Å². The van der Waals surface area contributed by atoms with Crippen LogP contribution in [0.25, 0.3) is 5.78 Å². The lowest BCUT2D eigenvalue weighted by molar-refractivity contribution is -0.140. The van der Waals surface area contributed by atoms with Gasteiger partial charge in [-0.25, -0.2) is 9.37 Å². The Bertz CT molecular complexity index is 994. The molecule has 0 saturated heterocycles. The van der Waals surface area contributed by atoms with Crippen molar-refractivity contribution in [2.45, 2.75) is 45.0 Å². The zero-order valence-electron chi connectivity index (χ0n) is 15.4. The average molecular weight is 397 g/mol. The molecular weight excluding hydrogens is 378 g/mol. The van der Waals surface area contributed by atoms with E-state index in [4.69, 9.17) is 0 Å². The fourth-order valence-corrected chi connectivity index (χ4v) is 2.94. The minimum Gasteiger partial charge on any atom is -0.390 e. The number of halogens is 4.